The fourth-order valence-corrected chi connectivity index (χ4v) is 2.88. The van der Waals surface area contributed by atoms with E-state index >= 15 is 0 Å². The Morgan fingerprint density at radius 1 is 1.38 bits per heavy atom. The van der Waals surface area contributed by atoms with E-state index in [2.05, 4.69) is 21.2 Å². The molecule has 0 bridgehead atoms. The standard InChI is InChI=1S/C14H18BrNO4S/c1-4-14(2,3)16-12(17)8-21(20)9-5-6-11(15)10(7-9)13(18)19/h5-7H,4,8H2,1-3H3,(H,16,17)(H,18,19). The van der Waals surface area contributed by atoms with Gasteiger partial charge in [-0.15, -0.1) is 0 Å². The van der Waals surface area contributed by atoms with Crippen molar-refractivity contribution in [3.05, 3.63) is 28.2 Å². The van der Waals surface area contributed by atoms with Crippen molar-refractivity contribution in [2.45, 2.75) is 37.6 Å². The van der Waals surface area contributed by atoms with Crippen LogP contribution in [0, 0.1) is 0 Å². The third-order valence-corrected chi connectivity index (χ3v) is 5.05. The van der Waals surface area contributed by atoms with Gasteiger partial charge >= 0.3 is 5.97 Å². The van der Waals surface area contributed by atoms with Gasteiger partial charge in [0.15, 0.2) is 0 Å². The van der Waals surface area contributed by atoms with Crippen LogP contribution in [0.25, 0.3) is 0 Å². The lowest BCUT2D eigenvalue weighted by atomic mass is 10.0. The minimum atomic E-state index is -1.58. The number of aromatic carboxylic acids is 1. The SMILES string of the molecule is CCC(C)(C)NC(=O)CS(=O)c1ccc(Br)c(C(=O)O)c1. The molecule has 1 amide bonds. The molecular weight excluding hydrogens is 358 g/mol. The second-order valence-corrected chi connectivity index (χ2v) is 7.53. The monoisotopic (exact) mass is 375 g/mol. The summed E-state index contributed by atoms with van der Waals surface area (Å²) in [6.07, 6.45) is 0.757. The topological polar surface area (TPSA) is 83.5 Å². The first-order chi connectivity index (χ1) is 9.66. The van der Waals surface area contributed by atoms with Crippen molar-refractivity contribution in [2.75, 3.05) is 5.75 Å². The summed E-state index contributed by atoms with van der Waals surface area (Å²) in [5, 5.41) is 11.8. The number of halogens is 1. The summed E-state index contributed by atoms with van der Waals surface area (Å²) in [6.45, 7) is 5.72. The van der Waals surface area contributed by atoms with Crippen LogP contribution in [0.5, 0.6) is 0 Å². The van der Waals surface area contributed by atoms with Gasteiger partial charge in [-0.25, -0.2) is 4.79 Å². The average molecular weight is 376 g/mol. The number of nitrogens with one attached hydrogen (secondary N) is 1. The molecule has 0 radical (unpaired) electrons. The smallest absolute Gasteiger partial charge is 0.336 e. The Morgan fingerprint density at radius 2 is 2.00 bits per heavy atom. The van der Waals surface area contributed by atoms with Crippen LogP contribution in [0.4, 0.5) is 0 Å². The van der Waals surface area contributed by atoms with Crippen molar-refractivity contribution in [2.24, 2.45) is 0 Å². The largest absolute Gasteiger partial charge is 0.478 e. The maximum atomic E-state index is 12.2. The molecule has 1 aromatic rings. The molecule has 1 aromatic carbocycles. The molecule has 1 unspecified atom stereocenters. The highest BCUT2D eigenvalue weighted by Crippen LogP contribution is 2.20. The van der Waals surface area contributed by atoms with Gasteiger partial charge in [0.05, 0.1) is 16.4 Å². The molecule has 5 nitrogen and oxygen atoms in total. The van der Waals surface area contributed by atoms with Gasteiger partial charge < -0.3 is 10.4 Å². The number of carboxylic acid groups (broad SMARTS) is 1. The molecule has 0 aliphatic carbocycles. The summed E-state index contributed by atoms with van der Waals surface area (Å²) in [5.74, 6) is -1.62. The van der Waals surface area contributed by atoms with Crippen LogP contribution >= 0.6 is 15.9 Å². The number of hydrogen-bond donors (Lipinski definition) is 2. The number of hydrogen-bond acceptors (Lipinski definition) is 3. The highest BCUT2D eigenvalue weighted by molar-refractivity contribution is 9.10. The van der Waals surface area contributed by atoms with Gasteiger partial charge in [-0.1, -0.05) is 6.92 Å². The first kappa shape index (κ1) is 17.8. The van der Waals surface area contributed by atoms with Gasteiger partial charge in [0.1, 0.15) is 5.75 Å². The molecule has 0 saturated carbocycles. The zero-order valence-electron chi connectivity index (χ0n) is 12.1. The summed E-state index contributed by atoms with van der Waals surface area (Å²) in [4.78, 5) is 23.2. The Kier molecular flexibility index (Phi) is 6.10. The Labute approximate surface area is 134 Å². The number of carbonyl (C=O) groups excluding carboxylic acids is 1. The van der Waals surface area contributed by atoms with Gasteiger partial charge in [-0.2, -0.15) is 0 Å². The van der Waals surface area contributed by atoms with E-state index < -0.39 is 16.8 Å². The molecule has 0 fully saturated rings. The zero-order valence-corrected chi connectivity index (χ0v) is 14.5. The average Bonchev–Trinajstić information content (AvgIpc) is 2.37. The number of amides is 1. The summed E-state index contributed by atoms with van der Waals surface area (Å²) >= 11 is 3.12. The van der Waals surface area contributed by atoms with E-state index in [9.17, 15) is 13.8 Å². The molecule has 0 saturated heterocycles. The van der Waals surface area contributed by atoms with Crippen LogP contribution in [0.3, 0.4) is 0 Å². The molecule has 0 spiro atoms. The lowest BCUT2D eigenvalue weighted by molar-refractivity contribution is -0.120. The Morgan fingerprint density at radius 3 is 2.52 bits per heavy atom. The molecule has 116 valence electrons. The fraction of sp³-hybridized carbons (Fsp3) is 0.429. The van der Waals surface area contributed by atoms with E-state index in [0.717, 1.165) is 6.42 Å². The van der Waals surface area contributed by atoms with Gasteiger partial charge in [-0.3, -0.25) is 9.00 Å². The molecule has 1 atom stereocenters. The third kappa shape index (κ3) is 5.24. The van der Waals surface area contributed by atoms with Gasteiger partial charge in [0.2, 0.25) is 5.91 Å². The number of rotatable bonds is 6. The van der Waals surface area contributed by atoms with Gasteiger partial charge in [0.25, 0.3) is 0 Å². The molecule has 0 aliphatic heterocycles. The predicted molar refractivity (Wildman–Crippen MR) is 84.9 cm³/mol. The fourth-order valence-electron chi connectivity index (χ4n) is 1.51. The highest BCUT2D eigenvalue weighted by atomic mass is 79.9. The molecule has 1 rings (SSSR count). The first-order valence-electron chi connectivity index (χ1n) is 6.38. The predicted octanol–water partition coefficient (Wildman–Crippen LogP) is 2.56. The molecule has 2 N–H and O–H groups in total. The summed E-state index contributed by atoms with van der Waals surface area (Å²) in [7, 11) is -1.58. The van der Waals surface area contributed by atoms with Crippen LogP contribution in [0.2, 0.25) is 0 Å². The third-order valence-electron chi connectivity index (χ3n) is 3.06. The normalized spacial score (nSPS) is 12.8. The second-order valence-electron chi connectivity index (χ2n) is 5.22. The first-order valence-corrected chi connectivity index (χ1v) is 8.49. The van der Waals surface area contributed by atoms with Crippen molar-refractivity contribution < 1.29 is 18.9 Å². The van der Waals surface area contributed by atoms with Crippen molar-refractivity contribution in [1.82, 2.24) is 5.32 Å². The van der Waals surface area contributed by atoms with E-state index in [1.54, 1.807) is 6.07 Å². The quantitative estimate of drug-likeness (QED) is 0.799. The van der Waals surface area contributed by atoms with Crippen molar-refractivity contribution in [3.63, 3.8) is 0 Å². The maximum Gasteiger partial charge on any atom is 0.336 e. The van der Waals surface area contributed by atoms with Gasteiger partial charge in [-0.05, 0) is 54.4 Å². The lowest BCUT2D eigenvalue weighted by Crippen LogP contribution is -2.44. The molecular formula is C14H18BrNO4S. The molecule has 0 heterocycles. The molecule has 0 aliphatic rings. The van der Waals surface area contributed by atoms with Crippen molar-refractivity contribution >= 4 is 38.6 Å². The van der Waals surface area contributed by atoms with E-state index in [1.807, 2.05) is 20.8 Å². The Hall–Kier alpha value is -1.21. The number of carboxylic acids is 1. The summed E-state index contributed by atoms with van der Waals surface area (Å²) < 4.78 is 12.6. The van der Waals surface area contributed by atoms with Crippen LogP contribution < -0.4 is 5.32 Å². The number of benzene rings is 1. The van der Waals surface area contributed by atoms with Crippen molar-refractivity contribution in [1.29, 1.82) is 0 Å². The van der Waals surface area contributed by atoms with Crippen LogP contribution in [0.15, 0.2) is 27.6 Å². The zero-order chi connectivity index (χ0) is 16.2. The van der Waals surface area contributed by atoms with E-state index in [0.29, 0.717) is 9.37 Å². The highest BCUT2D eigenvalue weighted by Gasteiger charge is 2.20. The lowest BCUT2D eigenvalue weighted by Gasteiger charge is -2.24. The number of carbonyl (C=O) groups is 2. The molecule has 0 aromatic heterocycles. The van der Waals surface area contributed by atoms with E-state index in [1.165, 1.54) is 12.1 Å². The minimum Gasteiger partial charge on any atom is -0.478 e. The Bertz CT molecular complexity index is 586. The van der Waals surface area contributed by atoms with E-state index in [4.69, 9.17) is 5.11 Å². The van der Waals surface area contributed by atoms with Crippen molar-refractivity contribution in [3.8, 4) is 0 Å². The Balaban J connectivity index is 2.83. The van der Waals surface area contributed by atoms with Gasteiger partial charge in [0, 0.05) is 14.9 Å². The van der Waals surface area contributed by atoms with Crippen LogP contribution in [0.1, 0.15) is 37.6 Å². The summed E-state index contributed by atoms with van der Waals surface area (Å²) in [5.41, 5.74) is -0.331. The van der Waals surface area contributed by atoms with Crippen LogP contribution in [-0.4, -0.2) is 32.5 Å². The minimum absolute atomic E-state index is 0.0233. The maximum absolute atomic E-state index is 12.2. The molecule has 7 heteroatoms. The van der Waals surface area contributed by atoms with Crippen LogP contribution in [-0.2, 0) is 15.6 Å². The second kappa shape index (κ2) is 7.17. The molecule has 21 heavy (non-hydrogen) atoms. The van der Waals surface area contributed by atoms with E-state index in [-0.39, 0.29) is 22.8 Å². The summed E-state index contributed by atoms with van der Waals surface area (Å²) in [6, 6.07) is 4.39.